The molecule has 10 heteroatoms. The highest BCUT2D eigenvalue weighted by atomic mass is 35.5. The number of alkyl halides is 3. The molecule has 1 aliphatic heterocycles. The van der Waals surface area contributed by atoms with Crippen LogP contribution in [-0.2, 0) is 21.2 Å². The Bertz CT molecular complexity index is 1130. The second kappa shape index (κ2) is 8.65. The first-order chi connectivity index (χ1) is 15.1. The number of urea groups is 1. The third kappa shape index (κ3) is 3.83. The van der Waals surface area contributed by atoms with Gasteiger partial charge in [-0.3, -0.25) is 4.79 Å². The third-order valence-electron chi connectivity index (χ3n) is 5.14. The molecular weight excluding hydrogens is 447 g/mol. The van der Waals surface area contributed by atoms with Gasteiger partial charge in [0.2, 0.25) is 0 Å². The van der Waals surface area contributed by atoms with Crippen LogP contribution >= 0.6 is 11.6 Å². The van der Waals surface area contributed by atoms with Crippen molar-refractivity contribution in [1.29, 1.82) is 5.26 Å². The monoisotopic (exact) mass is 463 g/mol. The second-order valence-electron chi connectivity index (χ2n) is 7.00. The summed E-state index contributed by atoms with van der Waals surface area (Å²) in [6.45, 7) is 3.34. The van der Waals surface area contributed by atoms with Gasteiger partial charge in [0.1, 0.15) is 0 Å². The molecule has 1 unspecified atom stereocenters. The standard InChI is InChI=1S/C22H17ClF3N3O3/c1-3-9-32-13-21(15-5-4-6-16(23)10-15)19(30)29(20(31)28(21)2)17-8-7-14(12-27)18(11-17)22(24,25)26/h3-8,10-11H,1,9,13H2,2H3. The lowest BCUT2D eigenvalue weighted by Gasteiger charge is -2.32. The summed E-state index contributed by atoms with van der Waals surface area (Å²) in [5.41, 5.74) is -3.52. The topological polar surface area (TPSA) is 73.6 Å². The summed E-state index contributed by atoms with van der Waals surface area (Å²) in [5.74, 6) is -0.811. The molecule has 3 amide bonds. The number of benzene rings is 2. The van der Waals surface area contributed by atoms with Crippen molar-refractivity contribution >= 4 is 29.2 Å². The van der Waals surface area contributed by atoms with Gasteiger partial charge in [0.05, 0.1) is 36.1 Å². The van der Waals surface area contributed by atoms with Crippen molar-refractivity contribution in [3.8, 4) is 6.07 Å². The maximum absolute atomic E-state index is 13.6. The van der Waals surface area contributed by atoms with Crippen LogP contribution < -0.4 is 4.90 Å². The molecule has 1 fully saturated rings. The highest BCUT2D eigenvalue weighted by molar-refractivity contribution is 6.30. The van der Waals surface area contributed by atoms with Crippen LogP contribution in [0.25, 0.3) is 0 Å². The zero-order valence-corrected chi connectivity index (χ0v) is 17.6. The van der Waals surface area contributed by atoms with Crippen LogP contribution in [0, 0.1) is 11.3 Å². The summed E-state index contributed by atoms with van der Waals surface area (Å²) in [4.78, 5) is 28.5. The molecule has 0 aliphatic carbocycles. The molecule has 0 saturated carbocycles. The molecule has 32 heavy (non-hydrogen) atoms. The summed E-state index contributed by atoms with van der Waals surface area (Å²) >= 11 is 6.10. The molecule has 1 atom stereocenters. The number of carbonyl (C=O) groups is 2. The van der Waals surface area contributed by atoms with E-state index in [9.17, 15) is 22.8 Å². The van der Waals surface area contributed by atoms with E-state index in [2.05, 4.69) is 6.58 Å². The van der Waals surface area contributed by atoms with E-state index in [0.717, 1.165) is 17.0 Å². The minimum atomic E-state index is -4.85. The van der Waals surface area contributed by atoms with Gasteiger partial charge in [-0.05, 0) is 35.9 Å². The molecule has 1 saturated heterocycles. The van der Waals surface area contributed by atoms with Crippen molar-refractivity contribution in [2.45, 2.75) is 11.7 Å². The molecule has 0 N–H and O–H groups in total. The van der Waals surface area contributed by atoms with E-state index < -0.39 is 34.8 Å². The van der Waals surface area contributed by atoms with E-state index in [1.54, 1.807) is 18.2 Å². The minimum Gasteiger partial charge on any atom is -0.374 e. The number of rotatable bonds is 6. The largest absolute Gasteiger partial charge is 0.417 e. The Hall–Kier alpha value is -3.35. The molecule has 0 bridgehead atoms. The number of carbonyl (C=O) groups excluding carboxylic acids is 2. The van der Waals surface area contributed by atoms with Crippen LogP contribution in [0.1, 0.15) is 16.7 Å². The predicted molar refractivity (Wildman–Crippen MR) is 111 cm³/mol. The first kappa shape index (κ1) is 23.3. The number of ether oxygens (including phenoxy) is 1. The second-order valence-corrected chi connectivity index (χ2v) is 7.43. The molecular formula is C22H17ClF3N3O3. The lowest BCUT2D eigenvalue weighted by Crippen LogP contribution is -2.49. The summed E-state index contributed by atoms with van der Waals surface area (Å²) in [6.07, 6.45) is -3.39. The molecule has 6 nitrogen and oxygen atoms in total. The number of hydrogen-bond donors (Lipinski definition) is 0. The van der Waals surface area contributed by atoms with Gasteiger partial charge in [0.15, 0.2) is 5.54 Å². The van der Waals surface area contributed by atoms with Crippen LogP contribution in [0.2, 0.25) is 5.02 Å². The zero-order chi connectivity index (χ0) is 23.7. The Morgan fingerprint density at radius 2 is 1.97 bits per heavy atom. The van der Waals surface area contributed by atoms with E-state index in [1.165, 1.54) is 25.3 Å². The summed E-state index contributed by atoms with van der Waals surface area (Å²) < 4.78 is 45.9. The molecule has 166 valence electrons. The number of nitrogens with zero attached hydrogens (tertiary/aromatic N) is 3. The summed E-state index contributed by atoms with van der Waals surface area (Å²) in [6, 6.07) is 9.51. The Morgan fingerprint density at radius 1 is 1.25 bits per heavy atom. The molecule has 3 rings (SSSR count). The average Bonchev–Trinajstić information content (AvgIpc) is 2.94. The number of anilines is 1. The Labute approximate surface area is 187 Å². The van der Waals surface area contributed by atoms with E-state index in [-0.39, 0.29) is 18.9 Å². The van der Waals surface area contributed by atoms with E-state index in [4.69, 9.17) is 21.6 Å². The van der Waals surface area contributed by atoms with Crippen LogP contribution in [0.4, 0.5) is 23.7 Å². The first-order valence-corrected chi connectivity index (χ1v) is 9.64. The molecule has 2 aromatic rings. The normalized spacial score (nSPS) is 18.8. The lowest BCUT2D eigenvalue weighted by molar-refractivity contribution is -0.137. The fourth-order valence-electron chi connectivity index (χ4n) is 3.55. The van der Waals surface area contributed by atoms with Gasteiger partial charge in [-0.1, -0.05) is 29.8 Å². The molecule has 2 aromatic carbocycles. The van der Waals surface area contributed by atoms with Gasteiger partial charge in [-0.15, -0.1) is 6.58 Å². The molecule has 0 spiro atoms. The summed E-state index contributed by atoms with van der Waals surface area (Å²) in [5, 5.41) is 9.32. The van der Waals surface area contributed by atoms with E-state index >= 15 is 0 Å². The lowest BCUT2D eigenvalue weighted by atomic mass is 9.89. The number of halogens is 4. The predicted octanol–water partition coefficient (Wildman–Crippen LogP) is 4.73. The fraction of sp³-hybridized carbons (Fsp3) is 0.227. The number of hydrogen-bond acceptors (Lipinski definition) is 4. The van der Waals surface area contributed by atoms with Crippen LogP contribution in [0.3, 0.4) is 0 Å². The highest BCUT2D eigenvalue weighted by Gasteiger charge is 2.58. The third-order valence-corrected chi connectivity index (χ3v) is 5.38. The Balaban J connectivity index is 2.17. The highest BCUT2D eigenvalue weighted by Crippen LogP contribution is 2.41. The smallest absolute Gasteiger partial charge is 0.374 e. The maximum atomic E-state index is 13.6. The molecule has 0 radical (unpaired) electrons. The fourth-order valence-corrected chi connectivity index (χ4v) is 3.74. The molecule has 1 aliphatic rings. The number of amides is 3. The first-order valence-electron chi connectivity index (χ1n) is 9.26. The van der Waals surface area contributed by atoms with Crippen molar-refractivity contribution < 1.29 is 27.5 Å². The van der Waals surface area contributed by atoms with Gasteiger partial charge >= 0.3 is 12.2 Å². The van der Waals surface area contributed by atoms with Crippen molar-refractivity contribution in [2.24, 2.45) is 0 Å². The van der Waals surface area contributed by atoms with Gasteiger partial charge in [-0.25, -0.2) is 9.69 Å². The van der Waals surface area contributed by atoms with Gasteiger partial charge < -0.3 is 9.64 Å². The van der Waals surface area contributed by atoms with Crippen molar-refractivity contribution in [3.63, 3.8) is 0 Å². The molecule has 1 heterocycles. The summed E-state index contributed by atoms with van der Waals surface area (Å²) in [7, 11) is 1.35. The van der Waals surface area contributed by atoms with Crippen molar-refractivity contribution in [3.05, 3.63) is 76.8 Å². The maximum Gasteiger partial charge on any atom is 0.417 e. The van der Waals surface area contributed by atoms with Crippen molar-refractivity contribution in [2.75, 3.05) is 25.2 Å². The van der Waals surface area contributed by atoms with Crippen LogP contribution in [-0.4, -0.2) is 37.1 Å². The van der Waals surface area contributed by atoms with Crippen LogP contribution in [0.15, 0.2) is 55.1 Å². The quantitative estimate of drug-likeness (QED) is 0.353. The SMILES string of the molecule is C=CCOCC1(c2cccc(Cl)c2)C(=O)N(c2ccc(C#N)c(C(F)(F)F)c2)C(=O)N1C. The number of imide groups is 1. The molecule has 0 aromatic heterocycles. The Morgan fingerprint density at radius 3 is 2.56 bits per heavy atom. The van der Waals surface area contributed by atoms with Crippen LogP contribution in [0.5, 0.6) is 0 Å². The number of nitriles is 1. The minimum absolute atomic E-state index is 0.0761. The van der Waals surface area contributed by atoms with E-state index in [1.807, 2.05) is 0 Å². The zero-order valence-electron chi connectivity index (χ0n) is 16.8. The van der Waals surface area contributed by atoms with Gasteiger partial charge in [-0.2, -0.15) is 18.4 Å². The van der Waals surface area contributed by atoms with E-state index in [0.29, 0.717) is 21.6 Å². The average molecular weight is 464 g/mol. The van der Waals surface area contributed by atoms with Crippen molar-refractivity contribution in [1.82, 2.24) is 4.90 Å². The Kier molecular flexibility index (Phi) is 6.30. The number of likely N-dealkylation sites (N-methyl/N-ethyl adjacent to an activating group) is 1. The van der Waals surface area contributed by atoms with Gasteiger partial charge in [0.25, 0.3) is 5.91 Å². The van der Waals surface area contributed by atoms with Gasteiger partial charge in [0, 0.05) is 12.1 Å².